The van der Waals surface area contributed by atoms with Crippen LogP contribution in [-0.4, -0.2) is 6.54 Å². The first kappa shape index (κ1) is 10.7. The highest BCUT2D eigenvalue weighted by atomic mass is 79.9. The third-order valence-corrected chi connectivity index (χ3v) is 3.57. The summed E-state index contributed by atoms with van der Waals surface area (Å²) in [6, 6.07) is 4.05. The van der Waals surface area contributed by atoms with Crippen LogP contribution >= 0.6 is 27.3 Å². The van der Waals surface area contributed by atoms with E-state index in [2.05, 4.69) is 34.2 Å². The molecule has 0 spiro atoms. The predicted octanol–water partition coefficient (Wildman–Crippen LogP) is 3.07. The fourth-order valence-corrected chi connectivity index (χ4v) is 2.62. The zero-order valence-corrected chi connectivity index (χ0v) is 9.78. The first-order valence-corrected chi connectivity index (χ1v) is 5.82. The third-order valence-electron chi connectivity index (χ3n) is 1.63. The monoisotopic (exact) mass is 258 g/mol. The summed E-state index contributed by atoms with van der Waals surface area (Å²) in [7, 11) is 0. The van der Waals surface area contributed by atoms with Crippen LogP contribution in [0.15, 0.2) is 15.9 Å². The number of hydrogen-bond acceptors (Lipinski definition) is 3. The Bertz CT molecular complexity index is 303. The Morgan fingerprint density at radius 1 is 1.77 bits per heavy atom. The molecule has 0 bridgehead atoms. The quantitative estimate of drug-likeness (QED) is 0.901. The maximum Gasteiger partial charge on any atom is 0.131 e. The number of nitriles is 1. The maximum absolute atomic E-state index is 8.92. The van der Waals surface area contributed by atoms with Crippen LogP contribution in [0.5, 0.6) is 0 Å². The van der Waals surface area contributed by atoms with Crippen molar-refractivity contribution in [2.75, 3.05) is 6.54 Å². The Hall–Kier alpha value is -0.370. The van der Waals surface area contributed by atoms with E-state index in [1.165, 1.54) is 0 Å². The normalized spacial score (nSPS) is 12.4. The number of thiophene rings is 1. The summed E-state index contributed by atoms with van der Waals surface area (Å²) in [4.78, 5) is 1.07. The summed E-state index contributed by atoms with van der Waals surface area (Å²) in [5, 5.41) is 14.1. The van der Waals surface area contributed by atoms with E-state index < -0.39 is 0 Å². The number of nitrogens with zero attached hydrogens (tertiary/aromatic N) is 1. The smallest absolute Gasteiger partial charge is 0.131 e. The van der Waals surface area contributed by atoms with E-state index >= 15 is 0 Å². The molecule has 0 fully saturated rings. The van der Waals surface area contributed by atoms with Gasteiger partial charge in [-0.1, -0.05) is 6.92 Å². The van der Waals surface area contributed by atoms with Crippen LogP contribution in [0.25, 0.3) is 0 Å². The summed E-state index contributed by atoms with van der Waals surface area (Å²) >= 11 is 5.02. The van der Waals surface area contributed by atoms with E-state index in [1.54, 1.807) is 11.3 Å². The average Bonchev–Trinajstić information content (AvgIpc) is 2.54. The van der Waals surface area contributed by atoms with Crippen molar-refractivity contribution in [1.82, 2.24) is 5.32 Å². The van der Waals surface area contributed by atoms with E-state index in [0.29, 0.717) is 0 Å². The van der Waals surface area contributed by atoms with Crippen LogP contribution in [0.3, 0.4) is 0 Å². The van der Waals surface area contributed by atoms with Gasteiger partial charge >= 0.3 is 0 Å². The molecular weight excluding hydrogens is 248 g/mol. The lowest BCUT2D eigenvalue weighted by Crippen LogP contribution is -2.19. The summed E-state index contributed by atoms with van der Waals surface area (Å²) in [5.74, 6) is 0. The van der Waals surface area contributed by atoms with Crippen molar-refractivity contribution < 1.29 is 0 Å². The molecule has 70 valence electrons. The Morgan fingerprint density at radius 2 is 2.54 bits per heavy atom. The van der Waals surface area contributed by atoms with E-state index in [4.69, 9.17) is 5.26 Å². The molecule has 4 heteroatoms. The van der Waals surface area contributed by atoms with Crippen molar-refractivity contribution in [1.29, 1.82) is 5.26 Å². The second kappa shape index (κ2) is 5.38. The molecule has 0 amide bonds. The van der Waals surface area contributed by atoms with Gasteiger partial charge in [0.15, 0.2) is 0 Å². The van der Waals surface area contributed by atoms with Crippen LogP contribution < -0.4 is 5.32 Å². The van der Waals surface area contributed by atoms with Gasteiger partial charge in [0.1, 0.15) is 6.04 Å². The largest absolute Gasteiger partial charge is 0.298 e. The molecule has 1 aromatic heterocycles. The van der Waals surface area contributed by atoms with Gasteiger partial charge < -0.3 is 0 Å². The zero-order valence-electron chi connectivity index (χ0n) is 7.38. The molecule has 1 unspecified atom stereocenters. The molecular formula is C9H11BrN2S. The highest BCUT2D eigenvalue weighted by Crippen LogP contribution is 2.28. The number of hydrogen-bond donors (Lipinski definition) is 1. The van der Waals surface area contributed by atoms with Crippen molar-refractivity contribution in [3.8, 4) is 6.07 Å². The summed E-state index contributed by atoms with van der Waals surface area (Å²) in [6.45, 7) is 2.97. The Kier molecular flexibility index (Phi) is 4.43. The maximum atomic E-state index is 8.92. The van der Waals surface area contributed by atoms with Gasteiger partial charge in [-0.2, -0.15) is 5.26 Å². The van der Waals surface area contributed by atoms with E-state index in [1.807, 2.05) is 11.4 Å². The van der Waals surface area contributed by atoms with Crippen molar-refractivity contribution >= 4 is 27.3 Å². The molecule has 0 radical (unpaired) electrons. The summed E-state index contributed by atoms with van der Waals surface area (Å²) in [6.07, 6.45) is 1.04. The van der Waals surface area contributed by atoms with Gasteiger partial charge in [-0.3, -0.25) is 5.32 Å². The van der Waals surface area contributed by atoms with Crippen molar-refractivity contribution in [2.24, 2.45) is 0 Å². The molecule has 0 aliphatic heterocycles. The second-order valence-corrected chi connectivity index (χ2v) is 4.45. The first-order chi connectivity index (χ1) is 6.29. The molecule has 1 atom stereocenters. The van der Waals surface area contributed by atoms with Crippen molar-refractivity contribution in [2.45, 2.75) is 19.4 Å². The van der Waals surface area contributed by atoms with Crippen LogP contribution in [0.2, 0.25) is 0 Å². The summed E-state index contributed by atoms with van der Waals surface area (Å²) < 4.78 is 1.02. The van der Waals surface area contributed by atoms with Crippen LogP contribution in [0, 0.1) is 11.3 Å². The van der Waals surface area contributed by atoms with Crippen LogP contribution in [-0.2, 0) is 0 Å². The van der Waals surface area contributed by atoms with Gasteiger partial charge in [0, 0.05) is 4.47 Å². The van der Waals surface area contributed by atoms with Gasteiger partial charge in [-0.25, -0.2) is 0 Å². The zero-order chi connectivity index (χ0) is 9.68. The minimum atomic E-state index is -0.172. The molecule has 2 nitrogen and oxygen atoms in total. The minimum Gasteiger partial charge on any atom is -0.298 e. The molecule has 1 rings (SSSR count). The molecule has 0 saturated carbocycles. The SMILES string of the molecule is CCCNC(C#N)c1sccc1Br. The lowest BCUT2D eigenvalue weighted by atomic mass is 10.2. The lowest BCUT2D eigenvalue weighted by Gasteiger charge is -2.08. The van der Waals surface area contributed by atoms with Gasteiger partial charge in [0.25, 0.3) is 0 Å². The van der Waals surface area contributed by atoms with Crippen LogP contribution in [0.4, 0.5) is 0 Å². The minimum absolute atomic E-state index is 0.172. The Balaban J connectivity index is 2.68. The molecule has 1 N–H and O–H groups in total. The molecule has 13 heavy (non-hydrogen) atoms. The summed E-state index contributed by atoms with van der Waals surface area (Å²) in [5.41, 5.74) is 0. The van der Waals surface area contributed by atoms with E-state index in [0.717, 1.165) is 22.3 Å². The average molecular weight is 259 g/mol. The number of rotatable bonds is 4. The molecule has 1 aromatic rings. The molecule has 0 saturated heterocycles. The number of nitrogens with one attached hydrogen (secondary N) is 1. The Morgan fingerprint density at radius 3 is 3.00 bits per heavy atom. The molecule has 1 heterocycles. The second-order valence-electron chi connectivity index (χ2n) is 2.65. The number of halogens is 1. The lowest BCUT2D eigenvalue weighted by molar-refractivity contribution is 0.627. The third kappa shape index (κ3) is 2.80. The van der Waals surface area contributed by atoms with Gasteiger partial charge in [0.2, 0.25) is 0 Å². The van der Waals surface area contributed by atoms with Crippen molar-refractivity contribution in [3.05, 3.63) is 20.8 Å². The Labute approximate surface area is 90.7 Å². The predicted molar refractivity (Wildman–Crippen MR) is 58.7 cm³/mol. The van der Waals surface area contributed by atoms with Gasteiger partial charge in [-0.05, 0) is 40.3 Å². The highest BCUT2D eigenvalue weighted by Gasteiger charge is 2.13. The molecule has 0 aliphatic carbocycles. The first-order valence-electron chi connectivity index (χ1n) is 4.15. The fraction of sp³-hybridized carbons (Fsp3) is 0.444. The van der Waals surface area contributed by atoms with E-state index in [-0.39, 0.29) is 6.04 Å². The molecule has 0 aliphatic rings. The van der Waals surface area contributed by atoms with E-state index in [9.17, 15) is 0 Å². The standard InChI is InChI=1S/C9H11BrN2S/c1-2-4-12-8(6-11)9-7(10)3-5-13-9/h3,5,8,12H,2,4H2,1H3. The van der Waals surface area contributed by atoms with Gasteiger partial charge in [-0.15, -0.1) is 11.3 Å². The van der Waals surface area contributed by atoms with Gasteiger partial charge in [0.05, 0.1) is 10.9 Å². The fourth-order valence-electron chi connectivity index (χ4n) is 0.997. The van der Waals surface area contributed by atoms with Crippen LogP contribution in [0.1, 0.15) is 24.3 Å². The highest BCUT2D eigenvalue weighted by molar-refractivity contribution is 9.10. The molecule has 0 aromatic carbocycles. The topological polar surface area (TPSA) is 35.8 Å². The van der Waals surface area contributed by atoms with Crippen molar-refractivity contribution in [3.63, 3.8) is 0 Å².